The maximum Gasteiger partial charge on any atom is 0.136 e. The first-order valence-electron chi connectivity index (χ1n) is 11.9. The van der Waals surface area contributed by atoms with Gasteiger partial charge in [-0.25, -0.2) is 0 Å². The summed E-state index contributed by atoms with van der Waals surface area (Å²) in [6.45, 7) is 5.95. The van der Waals surface area contributed by atoms with Crippen LogP contribution >= 0.6 is 0 Å². The van der Waals surface area contributed by atoms with Gasteiger partial charge in [-0.1, -0.05) is 121 Å². The van der Waals surface area contributed by atoms with Crippen molar-refractivity contribution in [1.29, 1.82) is 0 Å². The number of nitrogens with one attached hydrogen (secondary N) is 1. The summed E-state index contributed by atoms with van der Waals surface area (Å²) in [6.07, 6.45) is 0. The fourth-order valence-corrected chi connectivity index (χ4v) is 4.76. The smallest absolute Gasteiger partial charge is 0.136 e. The van der Waals surface area contributed by atoms with Gasteiger partial charge >= 0.3 is 0 Å². The van der Waals surface area contributed by atoms with Crippen molar-refractivity contribution in [2.45, 2.75) is 37.6 Å². The van der Waals surface area contributed by atoms with Gasteiger partial charge in [0, 0.05) is 22.5 Å². The molecule has 0 saturated carbocycles. The lowest BCUT2D eigenvalue weighted by molar-refractivity contribution is 0.487. The maximum atomic E-state index is 13.4. The van der Waals surface area contributed by atoms with E-state index < -0.39 is 16.1 Å². The number of aliphatic imine (C=N–C) groups is 1. The average molecular weight is 481 g/mol. The molecule has 0 fully saturated rings. The fourth-order valence-electron chi connectivity index (χ4n) is 3.91. The zero-order valence-corrected chi connectivity index (χ0v) is 21.3. The van der Waals surface area contributed by atoms with Crippen LogP contribution < -0.4 is 4.72 Å². The van der Waals surface area contributed by atoms with Crippen LogP contribution in [0.1, 0.15) is 55.1 Å². The van der Waals surface area contributed by atoms with Crippen molar-refractivity contribution in [3.8, 4) is 0 Å². The molecule has 0 spiro atoms. The minimum Gasteiger partial charge on any atom is -0.598 e. The predicted molar refractivity (Wildman–Crippen MR) is 148 cm³/mol. The number of hydrogen-bond donors (Lipinski definition) is 1. The molecule has 178 valence electrons. The highest BCUT2D eigenvalue weighted by Gasteiger charge is 2.34. The van der Waals surface area contributed by atoms with Crippen LogP contribution in [-0.4, -0.2) is 15.0 Å². The molecule has 0 bridgehead atoms. The van der Waals surface area contributed by atoms with Crippen molar-refractivity contribution in [3.63, 3.8) is 0 Å². The van der Waals surface area contributed by atoms with Crippen LogP contribution in [0.2, 0.25) is 0 Å². The van der Waals surface area contributed by atoms with Crippen molar-refractivity contribution >= 4 is 17.1 Å². The first-order chi connectivity index (χ1) is 16.9. The second-order valence-corrected chi connectivity index (χ2v) is 11.5. The quantitative estimate of drug-likeness (QED) is 0.217. The summed E-state index contributed by atoms with van der Waals surface area (Å²) in [5.74, 6) is 0. The van der Waals surface area contributed by atoms with Gasteiger partial charge in [0.05, 0.1) is 11.8 Å². The van der Waals surface area contributed by atoms with Crippen LogP contribution in [0.3, 0.4) is 0 Å². The molecule has 3 nitrogen and oxygen atoms in total. The van der Waals surface area contributed by atoms with E-state index in [0.29, 0.717) is 0 Å². The van der Waals surface area contributed by atoms with E-state index in [1.165, 1.54) is 0 Å². The average Bonchev–Trinajstić information content (AvgIpc) is 2.90. The molecule has 0 aromatic heterocycles. The van der Waals surface area contributed by atoms with Crippen molar-refractivity contribution in [2.75, 3.05) is 0 Å². The van der Waals surface area contributed by atoms with E-state index in [2.05, 4.69) is 53.3 Å². The molecule has 1 unspecified atom stereocenters. The molecule has 0 amide bonds. The van der Waals surface area contributed by atoms with Gasteiger partial charge in [0.25, 0.3) is 0 Å². The van der Waals surface area contributed by atoms with Crippen molar-refractivity contribution in [1.82, 2.24) is 4.72 Å². The first-order valence-corrected chi connectivity index (χ1v) is 13.0. The van der Waals surface area contributed by atoms with Gasteiger partial charge in [-0.2, -0.15) is 0 Å². The lowest BCUT2D eigenvalue weighted by Crippen LogP contribution is -2.42. The maximum absolute atomic E-state index is 13.4. The molecule has 4 aromatic carbocycles. The lowest BCUT2D eigenvalue weighted by atomic mass is 9.93. The largest absolute Gasteiger partial charge is 0.598 e. The van der Waals surface area contributed by atoms with E-state index in [1.807, 2.05) is 93.6 Å². The van der Waals surface area contributed by atoms with E-state index in [1.54, 1.807) is 0 Å². The van der Waals surface area contributed by atoms with Crippen LogP contribution in [0.4, 0.5) is 0 Å². The fraction of sp³-hybridized carbons (Fsp3) is 0.194. The Morgan fingerprint density at radius 1 is 0.657 bits per heavy atom. The highest BCUT2D eigenvalue weighted by atomic mass is 32.2. The Morgan fingerprint density at radius 2 is 1.06 bits per heavy atom. The Morgan fingerprint density at radius 3 is 1.49 bits per heavy atom. The monoisotopic (exact) mass is 480 g/mol. The molecular weight excluding hydrogens is 448 g/mol. The molecule has 4 rings (SSSR count). The summed E-state index contributed by atoms with van der Waals surface area (Å²) >= 11 is -1.29. The molecular formula is C31H32N2OS. The van der Waals surface area contributed by atoms with Crippen molar-refractivity contribution in [3.05, 3.63) is 144 Å². The van der Waals surface area contributed by atoms with E-state index >= 15 is 0 Å². The van der Waals surface area contributed by atoms with Crippen LogP contribution in [0.15, 0.2) is 126 Å². The minimum atomic E-state index is -1.29. The normalized spacial score (nSPS) is 14.1. The number of rotatable bonds is 8. The Labute approximate surface area is 212 Å². The van der Waals surface area contributed by atoms with Gasteiger partial charge in [-0.3, -0.25) is 4.99 Å². The number of benzene rings is 4. The number of nitrogens with zero attached hydrogens (tertiary/aromatic N) is 1. The molecule has 0 radical (unpaired) electrons. The molecule has 0 aliphatic carbocycles. The summed E-state index contributed by atoms with van der Waals surface area (Å²) in [7, 11) is 0. The van der Waals surface area contributed by atoms with Crippen LogP contribution in [0.25, 0.3) is 0 Å². The van der Waals surface area contributed by atoms with Crippen LogP contribution in [0, 0.1) is 0 Å². The molecule has 4 aromatic rings. The molecule has 3 atom stereocenters. The first kappa shape index (κ1) is 24.9. The Balaban J connectivity index is 1.91. The van der Waals surface area contributed by atoms with Crippen LogP contribution in [-0.2, 0) is 11.4 Å². The van der Waals surface area contributed by atoms with Gasteiger partial charge in [-0.15, -0.1) is 4.72 Å². The van der Waals surface area contributed by atoms with Gasteiger partial charge in [0.2, 0.25) is 0 Å². The second-order valence-electron chi connectivity index (χ2n) is 9.45. The SMILES string of the molecule is CC(C)(C)[S+]([O-])N[C@H](c1ccccc1)[C@@H](N=C(c1ccccc1)c1ccccc1)c1ccccc1. The molecule has 1 N–H and O–H groups in total. The third-order valence-corrected chi connectivity index (χ3v) is 7.35. The lowest BCUT2D eigenvalue weighted by Gasteiger charge is -2.31. The summed E-state index contributed by atoms with van der Waals surface area (Å²) in [6, 6.07) is 40.4. The summed E-state index contributed by atoms with van der Waals surface area (Å²) in [5.41, 5.74) is 5.10. The molecule has 0 aliphatic heterocycles. The van der Waals surface area contributed by atoms with Crippen molar-refractivity contribution < 1.29 is 4.55 Å². The van der Waals surface area contributed by atoms with Gasteiger partial charge < -0.3 is 4.55 Å². The van der Waals surface area contributed by atoms with Gasteiger partial charge in [0.15, 0.2) is 0 Å². The zero-order chi connectivity index (χ0) is 24.7. The van der Waals surface area contributed by atoms with Gasteiger partial charge in [-0.05, 0) is 31.9 Å². The van der Waals surface area contributed by atoms with E-state index in [4.69, 9.17) is 4.99 Å². The predicted octanol–water partition coefficient (Wildman–Crippen LogP) is 7.06. The van der Waals surface area contributed by atoms with Crippen LogP contribution in [0.5, 0.6) is 0 Å². The standard InChI is InChI=1S/C31H32N2OS/c1-31(2,3)35(34)33-30(27-22-14-7-15-23-27)29(26-20-12-6-13-21-26)32-28(24-16-8-4-9-17-24)25-18-10-5-11-19-25/h4-23,29-30,33H,1-3H3/t29-,30+,35?/m0/s1. The number of hydrogen-bond acceptors (Lipinski definition) is 3. The Kier molecular flexibility index (Phi) is 8.19. The molecule has 35 heavy (non-hydrogen) atoms. The van der Waals surface area contributed by atoms with E-state index in [0.717, 1.165) is 28.0 Å². The van der Waals surface area contributed by atoms with Crippen molar-refractivity contribution in [2.24, 2.45) is 4.99 Å². The summed E-state index contributed by atoms with van der Waals surface area (Å²) in [4.78, 5) is 5.42. The topological polar surface area (TPSA) is 47.4 Å². The highest BCUT2D eigenvalue weighted by Crippen LogP contribution is 2.35. The summed E-state index contributed by atoms with van der Waals surface area (Å²) in [5, 5.41) is 0. The highest BCUT2D eigenvalue weighted by molar-refractivity contribution is 7.90. The van der Waals surface area contributed by atoms with E-state index in [-0.39, 0.29) is 12.1 Å². The molecule has 0 saturated heterocycles. The molecule has 0 aliphatic rings. The Bertz CT molecular complexity index is 1170. The third-order valence-electron chi connectivity index (χ3n) is 5.77. The Hall–Kier alpha value is -3.18. The van der Waals surface area contributed by atoms with Gasteiger partial charge in [0.1, 0.15) is 10.8 Å². The molecule has 4 heteroatoms. The third kappa shape index (κ3) is 6.49. The molecule has 0 heterocycles. The summed E-state index contributed by atoms with van der Waals surface area (Å²) < 4.78 is 16.4. The van der Waals surface area contributed by atoms with E-state index in [9.17, 15) is 4.55 Å². The second kappa shape index (κ2) is 11.5. The minimum absolute atomic E-state index is 0.291. The zero-order valence-electron chi connectivity index (χ0n) is 20.5.